The third-order valence-electron chi connectivity index (χ3n) is 1.87. The zero-order valence-corrected chi connectivity index (χ0v) is 9.80. The van der Waals surface area contributed by atoms with Crippen LogP contribution in [0.1, 0.15) is 18.4 Å². The first-order valence-corrected chi connectivity index (χ1v) is 5.77. The van der Waals surface area contributed by atoms with Gasteiger partial charge in [-0.05, 0) is 25.5 Å². The Kier molecular flexibility index (Phi) is 4.66. The highest BCUT2D eigenvalue weighted by atomic mass is 79.9. The summed E-state index contributed by atoms with van der Waals surface area (Å²) in [4.78, 5) is 11.3. The first-order chi connectivity index (χ1) is 6.72. The summed E-state index contributed by atoms with van der Waals surface area (Å²) in [5.74, 6) is 0.0771. The van der Waals surface area contributed by atoms with Crippen LogP contribution in [0, 0.1) is 6.92 Å². The van der Waals surface area contributed by atoms with Crippen molar-refractivity contribution in [2.24, 2.45) is 0 Å². The second kappa shape index (κ2) is 5.81. The summed E-state index contributed by atoms with van der Waals surface area (Å²) in [6, 6.07) is 7.81. The molecule has 76 valence electrons. The number of hydrogen-bond donors (Lipinski definition) is 1. The van der Waals surface area contributed by atoms with E-state index in [0.29, 0.717) is 6.42 Å². The van der Waals surface area contributed by atoms with Gasteiger partial charge in [0, 0.05) is 17.4 Å². The Morgan fingerprint density at radius 2 is 2.00 bits per heavy atom. The standard InChI is InChI=1S/C11H14BrNO/c1-9-4-6-10(7-5-9)13-11(14)3-2-8-12/h4-7H,2-3,8H2,1H3,(H,13,14). The fourth-order valence-electron chi connectivity index (χ4n) is 1.09. The largest absolute Gasteiger partial charge is 0.326 e. The van der Waals surface area contributed by atoms with Crippen molar-refractivity contribution < 1.29 is 4.79 Å². The summed E-state index contributed by atoms with van der Waals surface area (Å²) < 4.78 is 0. The molecule has 3 heteroatoms. The number of carbonyl (C=O) groups is 1. The molecule has 0 aliphatic rings. The van der Waals surface area contributed by atoms with Gasteiger partial charge in [-0.2, -0.15) is 0 Å². The molecule has 0 radical (unpaired) electrons. The Morgan fingerprint density at radius 1 is 1.36 bits per heavy atom. The molecule has 2 nitrogen and oxygen atoms in total. The van der Waals surface area contributed by atoms with Crippen LogP contribution in [-0.4, -0.2) is 11.2 Å². The van der Waals surface area contributed by atoms with Crippen molar-refractivity contribution in [3.05, 3.63) is 29.8 Å². The molecule has 1 amide bonds. The van der Waals surface area contributed by atoms with E-state index in [-0.39, 0.29) is 5.91 Å². The van der Waals surface area contributed by atoms with E-state index in [9.17, 15) is 4.79 Å². The number of hydrogen-bond acceptors (Lipinski definition) is 1. The van der Waals surface area contributed by atoms with Crippen molar-refractivity contribution in [2.45, 2.75) is 19.8 Å². The highest BCUT2D eigenvalue weighted by molar-refractivity contribution is 9.09. The molecule has 0 aromatic heterocycles. The Morgan fingerprint density at radius 3 is 2.57 bits per heavy atom. The van der Waals surface area contributed by atoms with Crippen LogP contribution in [0.5, 0.6) is 0 Å². The number of amides is 1. The maximum Gasteiger partial charge on any atom is 0.224 e. The van der Waals surface area contributed by atoms with Crippen molar-refractivity contribution in [1.82, 2.24) is 0 Å². The summed E-state index contributed by atoms with van der Waals surface area (Å²) in [7, 11) is 0. The second-order valence-electron chi connectivity index (χ2n) is 3.21. The van der Waals surface area contributed by atoms with Crippen molar-refractivity contribution >= 4 is 27.5 Å². The number of benzene rings is 1. The van der Waals surface area contributed by atoms with E-state index < -0.39 is 0 Å². The summed E-state index contributed by atoms with van der Waals surface area (Å²) >= 11 is 3.29. The molecule has 0 heterocycles. The fourth-order valence-corrected chi connectivity index (χ4v) is 1.37. The molecule has 0 fully saturated rings. The first kappa shape index (κ1) is 11.2. The molecule has 0 saturated heterocycles. The van der Waals surface area contributed by atoms with Crippen molar-refractivity contribution in [3.63, 3.8) is 0 Å². The van der Waals surface area contributed by atoms with E-state index in [0.717, 1.165) is 17.4 Å². The van der Waals surface area contributed by atoms with E-state index in [1.165, 1.54) is 5.56 Å². The number of carbonyl (C=O) groups excluding carboxylic acids is 1. The highest BCUT2D eigenvalue weighted by Gasteiger charge is 2.00. The van der Waals surface area contributed by atoms with Crippen molar-refractivity contribution in [3.8, 4) is 0 Å². The lowest BCUT2D eigenvalue weighted by atomic mass is 10.2. The second-order valence-corrected chi connectivity index (χ2v) is 4.00. The molecular formula is C11H14BrNO. The van der Waals surface area contributed by atoms with E-state index >= 15 is 0 Å². The summed E-state index contributed by atoms with van der Waals surface area (Å²) in [6.07, 6.45) is 1.44. The van der Waals surface area contributed by atoms with E-state index in [1.807, 2.05) is 31.2 Å². The molecule has 0 aliphatic carbocycles. The number of rotatable bonds is 4. The van der Waals surface area contributed by atoms with E-state index in [2.05, 4.69) is 21.2 Å². The monoisotopic (exact) mass is 255 g/mol. The number of aryl methyl sites for hydroxylation is 1. The predicted molar refractivity (Wildman–Crippen MR) is 62.8 cm³/mol. The number of nitrogens with one attached hydrogen (secondary N) is 1. The molecule has 1 N–H and O–H groups in total. The van der Waals surface area contributed by atoms with Crippen LogP contribution in [0.25, 0.3) is 0 Å². The summed E-state index contributed by atoms with van der Waals surface area (Å²) in [6.45, 7) is 2.02. The van der Waals surface area contributed by atoms with E-state index in [4.69, 9.17) is 0 Å². The lowest BCUT2D eigenvalue weighted by molar-refractivity contribution is -0.116. The quantitative estimate of drug-likeness (QED) is 0.824. The molecule has 0 unspecified atom stereocenters. The number of alkyl halides is 1. The average molecular weight is 256 g/mol. The Hall–Kier alpha value is -0.830. The Bertz CT molecular complexity index is 295. The minimum absolute atomic E-state index is 0.0771. The van der Waals surface area contributed by atoms with Crippen LogP contribution in [0.4, 0.5) is 5.69 Å². The summed E-state index contributed by atoms with van der Waals surface area (Å²) in [5.41, 5.74) is 2.07. The molecular weight excluding hydrogens is 242 g/mol. The van der Waals surface area contributed by atoms with Gasteiger partial charge in [0.25, 0.3) is 0 Å². The third kappa shape index (κ3) is 3.92. The molecule has 0 bridgehead atoms. The molecule has 1 aromatic rings. The number of anilines is 1. The minimum atomic E-state index is 0.0771. The van der Waals surface area contributed by atoms with Gasteiger partial charge in [-0.3, -0.25) is 4.79 Å². The summed E-state index contributed by atoms with van der Waals surface area (Å²) in [5, 5.41) is 3.71. The van der Waals surface area contributed by atoms with Crippen LogP contribution in [0.15, 0.2) is 24.3 Å². The molecule has 1 aromatic carbocycles. The van der Waals surface area contributed by atoms with Crippen LogP contribution in [-0.2, 0) is 4.79 Å². The van der Waals surface area contributed by atoms with Gasteiger partial charge in [0.2, 0.25) is 5.91 Å². The molecule has 0 aliphatic heterocycles. The zero-order valence-electron chi connectivity index (χ0n) is 8.22. The van der Waals surface area contributed by atoms with Crippen molar-refractivity contribution in [1.29, 1.82) is 0 Å². The van der Waals surface area contributed by atoms with Gasteiger partial charge >= 0.3 is 0 Å². The van der Waals surface area contributed by atoms with Gasteiger partial charge in [-0.15, -0.1) is 0 Å². The van der Waals surface area contributed by atoms with Gasteiger partial charge in [-0.1, -0.05) is 33.6 Å². The van der Waals surface area contributed by atoms with Crippen LogP contribution < -0.4 is 5.32 Å². The maximum absolute atomic E-state index is 11.3. The molecule has 1 rings (SSSR count). The lowest BCUT2D eigenvalue weighted by Crippen LogP contribution is -2.11. The molecule has 0 spiro atoms. The average Bonchev–Trinajstić information content (AvgIpc) is 2.18. The highest BCUT2D eigenvalue weighted by Crippen LogP contribution is 2.09. The van der Waals surface area contributed by atoms with Crippen LogP contribution in [0.3, 0.4) is 0 Å². The minimum Gasteiger partial charge on any atom is -0.326 e. The molecule has 0 saturated carbocycles. The Labute approximate surface area is 92.8 Å². The smallest absolute Gasteiger partial charge is 0.224 e. The van der Waals surface area contributed by atoms with Crippen LogP contribution in [0.2, 0.25) is 0 Å². The van der Waals surface area contributed by atoms with Gasteiger partial charge < -0.3 is 5.32 Å². The SMILES string of the molecule is Cc1ccc(NC(=O)CCCBr)cc1. The normalized spacial score (nSPS) is 9.86. The molecule has 14 heavy (non-hydrogen) atoms. The third-order valence-corrected chi connectivity index (χ3v) is 2.43. The fraction of sp³-hybridized carbons (Fsp3) is 0.364. The first-order valence-electron chi connectivity index (χ1n) is 4.65. The van der Waals surface area contributed by atoms with Gasteiger partial charge in [-0.25, -0.2) is 0 Å². The van der Waals surface area contributed by atoms with Gasteiger partial charge in [0.15, 0.2) is 0 Å². The predicted octanol–water partition coefficient (Wildman–Crippen LogP) is 3.11. The van der Waals surface area contributed by atoms with Crippen molar-refractivity contribution in [2.75, 3.05) is 10.6 Å². The maximum atomic E-state index is 11.3. The Balaban J connectivity index is 2.44. The van der Waals surface area contributed by atoms with Gasteiger partial charge in [0.05, 0.1) is 0 Å². The zero-order chi connectivity index (χ0) is 10.4. The topological polar surface area (TPSA) is 29.1 Å². The molecule has 0 atom stereocenters. The van der Waals surface area contributed by atoms with E-state index in [1.54, 1.807) is 0 Å². The van der Waals surface area contributed by atoms with Gasteiger partial charge in [0.1, 0.15) is 0 Å². The van der Waals surface area contributed by atoms with Crippen LogP contribution >= 0.6 is 15.9 Å². The lowest BCUT2D eigenvalue weighted by Gasteiger charge is -2.04. The number of halogens is 1.